The standard InChI is InChI=1S/C18H32O4Si2/c1-23(2,3)18(20)21-12-10-8-7-9-11-15-13-16(14-17(15)19)22-24(4,5)6/h7,9,13,16H,8,10-12,14H2,1-6H3/b9-7-/t16-/m0/s1. The van der Waals surface area contributed by atoms with Crippen LogP contribution in [-0.4, -0.2) is 40.5 Å². The van der Waals surface area contributed by atoms with E-state index in [0.717, 1.165) is 18.4 Å². The molecule has 4 nitrogen and oxygen atoms in total. The highest BCUT2D eigenvalue weighted by atomic mass is 28.4. The fraction of sp³-hybridized carbons (Fsp3) is 0.667. The normalized spacial score (nSPS) is 19.0. The summed E-state index contributed by atoms with van der Waals surface area (Å²) in [5.41, 5.74) is 0.835. The van der Waals surface area contributed by atoms with E-state index in [1.807, 2.05) is 31.8 Å². The van der Waals surface area contributed by atoms with Gasteiger partial charge in [-0.15, -0.1) is 0 Å². The zero-order chi connectivity index (χ0) is 18.4. The number of hydrogen-bond donors (Lipinski definition) is 0. The summed E-state index contributed by atoms with van der Waals surface area (Å²) in [5, 5.41) is 0. The smallest absolute Gasteiger partial charge is 0.271 e. The first-order valence-corrected chi connectivity index (χ1v) is 15.6. The summed E-state index contributed by atoms with van der Waals surface area (Å²) >= 11 is 0. The zero-order valence-electron chi connectivity index (χ0n) is 16.0. The Morgan fingerprint density at radius 1 is 1.21 bits per heavy atom. The predicted molar refractivity (Wildman–Crippen MR) is 104 cm³/mol. The van der Waals surface area contributed by atoms with Crippen LogP contribution in [0.1, 0.15) is 25.7 Å². The van der Waals surface area contributed by atoms with Gasteiger partial charge in [-0.1, -0.05) is 31.8 Å². The van der Waals surface area contributed by atoms with Gasteiger partial charge >= 0.3 is 0 Å². The predicted octanol–water partition coefficient (Wildman–Crippen LogP) is 4.89. The van der Waals surface area contributed by atoms with E-state index in [1.54, 1.807) is 0 Å². The molecule has 0 aromatic heterocycles. The summed E-state index contributed by atoms with van der Waals surface area (Å²) in [4.78, 5) is 23.6. The summed E-state index contributed by atoms with van der Waals surface area (Å²) in [6, 6.07) is 0. The van der Waals surface area contributed by atoms with Gasteiger partial charge in [-0.25, -0.2) is 0 Å². The van der Waals surface area contributed by atoms with Gasteiger partial charge in [0.2, 0.25) is 0 Å². The van der Waals surface area contributed by atoms with E-state index in [0.29, 0.717) is 19.4 Å². The van der Waals surface area contributed by atoms with Crippen molar-refractivity contribution in [2.45, 2.75) is 71.1 Å². The Hall–Kier alpha value is -0.986. The summed E-state index contributed by atoms with van der Waals surface area (Å²) in [5.74, 6) is 0.201. The first-order chi connectivity index (χ1) is 11.0. The van der Waals surface area contributed by atoms with Crippen molar-refractivity contribution < 1.29 is 18.8 Å². The van der Waals surface area contributed by atoms with Crippen molar-refractivity contribution >= 4 is 27.8 Å². The van der Waals surface area contributed by atoms with Gasteiger partial charge in [0, 0.05) is 6.42 Å². The monoisotopic (exact) mass is 368 g/mol. The number of carbonyl (C=O) groups is 2. The van der Waals surface area contributed by atoms with Crippen LogP contribution in [0.3, 0.4) is 0 Å². The summed E-state index contributed by atoms with van der Waals surface area (Å²) in [6.45, 7) is 12.8. The lowest BCUT2D eigenvalue weighted by Crippen LogP contribution is -2.34. The molecule has 0 saturated heterocycles. The maximum Gasteiger partial charge on any atom is 0.271 e. The maximum absolute atomic E-state index is 12.0. The van der Waals surface area contributed by atoms with Crippen LogP contribution in [0.2, 0.25) is 39.3 Å². The number of allylic oxidation sites excluding steroid dienone is 3. The number of carbonyl (C=O) groups excluding carboxylic acids is 2. The van der Waals surface area contributed by atoms with Crippen molar-refractivity contribution in [3.63, 3.8) is 0 Å². The number of unbranched alkanes of at least 4 members (excludes halogenated alkanes) is 1. The van der Waals surface area contributed by atoms with Gasteiger partial charge in [0.1, 0.15) is 0 Å². The first-order valence-electron chi connectivity index (χ1n) is 8.73. The highest BCUT2D eigenvalue weighted by Gasteiger charge is 2.28. The molecular weight excluding hydrogens is 336 g/mol. The SMILES string of the molecule is C[Si](C)(C)O[C@H]1C=C(C/C=C\CCCOC(=O)[Si](C)(C)C)C(=O)C1. The Bertz CT molecular complexity index is 510. The molecule has 0 spiro atoms. The van der Waals surface area contributed by atoms with Crippen molar-refractivity contribution in [2.24, 2.45) is 0 Å². The molecule has 24 heavy (non-hydrogen) atoms. The summed E-state index contributed by atoms with van der Waals surface area (Å²) in [6.07, 6.45) is 8.87. The van der Waals surface area contributed by atoms with Crippen molar-refractivity contribution in [2.75, 3.05) is 6.61 Å². The Kier molecular flexibility index (Phi) is 7.83. The number of ether oxygens (including phenoxy) is 1. The van der Waals surface area contributed by atoms with Crippen molar-refractivity contribution in [1.29, 1.82) is 0 Å². The highest BCUT2D eigenvalue weighted by molar-refractivity contribution is 7.02. The van der Waals surface area contributed by atoms with Gasteiger partial charge in [-0.05, 0) is 50.6 Å². The number of hydrogen-bond acceptors (Lipinski definition) is 4. The van der Waals surface area contributed by atoms with E-state index in [1.165, 1.54) is 0 Å². The lowest BCUT2D eigenvalue weighted by atomic mass is 10.1. The van der Waals surface area contributed by atoms with Crippen LogP contribution >= 0.6 is 0 Å². The second-order valence-corrected chi connectivity index (χ2v) is 17.7. The topological polar surface area (TPSA) is 52.6 Å². The molecule has 0 saturated carbocycles. The van der Waals surface area contributed by atoms with Gasteiger partial charge in [0.25, 0.3) is 5.59 Å². The van der Waals surface area contributed by atoms with Crippen LogP contribution < -0.4 is 0 Å². The Morgan fingerprint density at radius 3 is 2.46 bits per heavy atom. The highest BCUT2D eigenvalue weighted by Crippen LogP contribution is 2.23. The second kappa shape index (κ2) is 8.92. The van der Waals surface area contributed by atoms with Crippen LogP contribution in [0.4, 0.5) is 4.79 Å². The molecule has 0 aliphatic heterocycles. The van der Waals surface area contributed by atoms with Crippen LogP contribution in [0.15, 0.2) is 23.8 Å². The minimum absolute atomic E-state index is 0.0263. The van der Waals surface area contributed by atoms with E-state index >= 15 is 0 Å². The largest absolute Gasteiger partial charge is 0.470 e. The lowest BCUT2D eigenvalue weighted by molar-refractivity contribution is -0.115. The molecule has 0 unspecified atom stereocenters. The fourth-order valence-corrected chi connectivity index (χ4v) is 3.91. The summed E-state index contributed by atoms with van der Waals surface area (Å²) in [7, 11) is -3.43. The Morgan fingerprint density at radius 2 is 1.88 bits per heavy atom. The summed E-state index contributed by atoms with van der Waals surface area (Å²) < 4.78 is 11.3. The number of rotatable bonds is 9. The first kappa shape index (κ1) is 21.1. The Labute approximate surface area is 148 Å². The van der Waals surface area contributed by atoms with Crippen molar-refractivity contribution in [3.8, 4) is 0 Å². The lowest BCUT2D eigenvalue weighted by Gasteiger charge is -2.21. The average Bonchev–Trinajstić information content (AvgIpc) is 2.74. The molecule has 1 aliphatic carbocycles. The minimum Gasteiger partial charge on any atom is -0.470 e. The molecule has 0 N–H and O–H groups in total. The third-order valence-corrected chi connectivity index (χ3v) is 5.88. The molecule has 0 fully saturated rings. The van der Waals surface area contributed by atoms with Gasteiger partial charge in [-0.3, -0.25) is 9.59 Å². The molecule has 0 bridgehead atoms. The number of Topliss-reactive ketones (excluding diaryl/α,β-unsaturated/α-hetero) is 1. The number of ketones is 1. The van der Waals surface area contributed by atoms with Crippen molar-refractivity contribution in [3.05, 3.63) is 23.8 Å². The van der Waals surface area contributed by atoms with Crippen LogP contribution in [-0.2, 0) is 14.0 Å². The molecule has 6 heteroatoms. The van der Waals surface area contributed by atoms with E-state index in [4.69, 9.17) is 9.16 Å². The molecule has 1 atom stereocenters. The molecule has 0 aromatic carbocycles. The molecule has 0 amide bonds. The molecule has 0 radical (unpaired) electrons. The zero-order valence-corrected chi connectivity index (χ0v) is 18.0. The van der Waals surface area contributed by atoms with E-state index in [2.05, 4.69) is 25.7 Å². The molecule has 0 aromatic rings. The molecule has 136 valence electrons. The minimum atomic E-state index is -1.82. The van der Waals surface area contributed by atoms with Gasteiger partial charge in [0.05, 0.1) is 12.7 Å². The Balaban J connectivity index is 2.26. The van der Waals surface area contributed by atoms with Crippen LogP contribution in [0.25, 0.3) is 0 Å². The quantitative estimate of drug-likeness (QED) is 0.330. The van der Waals surface area contributed by atoms with Crippen LogP contribution in [0, 0.1) is 0 Å². The van der Waals surface area contributed by atoms with Gasteiger partial charge in [0.15, 0.2) is 22.2 Å². The second-order valence-electron chi connectivity index (χ2n) is 8.29. The van der Waals surface area contributed by atoms with E-state index in [9.17, 15) is 9.59 Å². The average molecular weight is 369 g/mol. The molecule has 0 heterocycles. The molecule has 1 rings (SSSR count). The van der Waals surface area contributed by atoms with Gasteiger partial charge in [-0.2, -0.15) is 0 Å². The van der Waals surface area contributed by atoms with E-state index < -0.39 is 16.4 Å². The fourth-order valence-electron chi connectivity index (χ4n) is 2.31. The van der Waals surface area contributed by atoms with Crippen molar-refractivity contribution in [1.82, 2.24) is 0 Å². The van der Waals surface area contributed by atoms with E-state index in [-0.39, 0.29) is 17.5 Å². The van der Waals surface area contributed by atoms with Crippen LogP contribution in [0.5, 0.6) is 0 Å². The van der Waals surface area contributed by atoms with Gasteiger partial charge < -0.3 is 9.16 Å². The molecule has 1 aliphatic rings. The maximum atomic E-state index is 12.0. The third kappa shape index (κ3) is 8.21. The third-order valence-electron chi connectivity index (χ3n) is 3.50. The molecular formula is C18H32O4Si2.